The standard InChI is InChI=1S/C25H24F9NO3/c1-4-17-12-19(18-11-14(23(26,27)28)6-7-20(18)35(17)22(36)38-5-2)21(37-3)13-8-15(24(29,30)31)10-16(9-13)25(32,33)34/h6-11,17,19,21H,4-5,12H2,1-3H3/t17-,19+,21+/m1/s1. The van der Waals surface area contributed by atoms with Crippen molar-refractivity contribution in [1.29, 1.82) is 0 Å². The van der Waals surface area contributed by atoms with Crippen LogP contribution in [0.5, 0.6) is 0 Å². The van der Waals surface area contributed by atoms with Gasteiger partial charge in [0.2, 0.25) is 0 Å². The number of halogens is 9. The number of benzene rings is 2. The van der Waals surface area contributed by atoms with Crippen LogP contribution in [-0.4, -0.2) is 25.9 Å². The lowest BCUT2D eigenvalue weighted by molar-refractivity contribution is -0.143. The molecule has 4 nitrogen and oxygen atoms in total. The van der Waals surface area contributed by atoms with Crippen LogP contribution in [0.2, 0.25) is 0 Å². The molecule has 0 fully saturated rings. The van der Waals surface area contributed by atoms with Crippen molar-refractivity contribution in [3.63, 3.8) is 0 Å². The number of amides is 1. The van der Waals surface area contributed by atoms with E-state index < -0.39 is 64.9 Å². The summed E-state index contributed by atoms with van der Waals surface area (Å²) in [6.07, 6.45) is -17.3. The van der Waals surface area contributed by atoms with Gasteiger partial charge in [-0.2, -0.15) is 39.5 Å². The molecule has 38 heavy (non-hydrogen) atoms. The molecule has 1 aliphatic rings. The quantitative estimate of drug-likeness (QED) is 0.347. The van der Waals surface area contributed by atoms with Crippen molar-refractivity contribution in [2.24, 2.45) is 0 Å². The lowest BCUT2D eigenvalue weighted by atomic mass is 9.78. The SMILES string of the molecule is CCOC(=O)N1c2ccc(C(F)(F)F)cc2[C@@H]([C@@H](OC)c2cc(C(F)(F)F)cc(C(F)(F)F)c2)C[C@H]1CC. The lowest BCUT2D eigenvalue weighted by Crippen LogP contribution is -2.46. The molecule has 210 valence electrons. The zero-order valence-electron chi connectivity index (χ0n) is 20.4. The predicted octanol–water partition coefficient (Wildman–Crippen LogP) is 8.36. The Bertz CT molecular complexity index is 1130. The zero-order chi connectivity index (χ0) is 28.6. The molecule has 0 N–H and O–H groups in total. The van der Waals surface area contributed by atoms with E-state index in [2.05, 4.69) is 0 Å². The molecular formula is C25H24F9NO3. The summed E-state index contributed by atoms with van der Waals surface area (Å²) in [5.74, 6) is -1.13. The fourth-order valence-electron chi connectivity index (χ4n) is 4.72. The molecule has 0 aromatic heterocycles. The van der Waals surface area contributed by atoms with Crippen molar-refractivity contribution in [3.05, 3.63) is 64.2 Å². The summed E-state index contributed by atoms with van der Waals surface area (Å²) in [5, 5.41) is 0. The molecule has 3 rings (SSSR count). The Morgan fingerprint density at radius 2 is 1.45 bits per heavy atom. The molecular weight excluding hydrogens is 533 g/mol. The molecule has 13 heteroatoms. The normalized spacial score (nSPS) is 19.2. The molecule has 0 spiro atoms. The van der Waals surface area contributed by atoms with Crippen molar-refractivity contribution >= 4 is 11.8 Å². The third-order valence-electron chi connectivity index (χ3n) is 6.40. The Morgan fingerprint density at radius 1 is 0.895 bits per heavy atom. The molecule has 1 amide bonds. The van der Waals surface area contributed by atoms with Crippen LogP contribution < -0.4 is 4.90 Å². The Labute approximate surface area is 212 Å². The van der Waals surface area contributed by atoms with Gasteiger partial charge >= 0.3 is 24.6 Å². The molecule has 2 aromatic carbocycles. The van der Waals surface area contributed by atoms with Crippen LogP contribution in [0, 0.1) is 0 Å². The zero-order valence-corrected chi connectivity index (χ0v) is 20.4. The van der Waals surface area contributed by atoms with Crippen molar-refractivity contribution < 1.29 is 53.8 Å². The number of fused-ring (bicyclic) bond motifs is 1. The molecule has 1 aliphatic heterocycles. The fourth-order valence-corrected chi connectivity index (χ4v) is 4.72. The van der Waals surface area contributed by atoms with Crippen LogP contribution in [-0.2, 0) is 28.0 Å². The van der Waals surface area contributed by atoms with Gasteiger partial charge in [0.1, 0.15) is 0 Å². The highest BCUT2D eigenvalue weighted by atomic mass is 19.4. The number of carbonyl (C=O) groups is 1. The molecule has 0 saturated heterocycles. The molecule has 0 bridgehead atoms. The van der Waals surface area contributed by atoms with Crippen LogP contribution in [0.3, 0.4) is 0 Å². The van der Waals surface area contributed by atoms with E-state index in [9.17, 15) is 44.3 Å². The molecule has 0 saturated carbocycles. The third-order valence-corrected chi connectivity index (χ3v) is 6.40. The van der Waals surface area contributed by atoms with Gasteiger partial charge in [-0.05, 0) is 67.3 Å². The molecule has 3 atom stereocenters. The monoisotopic (exact) mass is 557 g/mol. The van der Waals surface area contributed by atoms with Crippen LogP contribution in [0.15, 0.2) is 36.4 Å². The summed E-state index contributed by atoms with van der Waals surface area (Å²) in [7, 11) is 1.05. The van der Waals surface area contributed by atoms with E-state index in [-0.39, 0.29) is 36.8 Å². The number of anilines is 1. The predicted molar refractivity (Wildman–Crippen MR) is 119 cm³/mol. The third kappa shape index (κ3) is 6.02. The summed E-state index contributed by atoms with van der Waals surface area (Å²) in [6, 6.07) is 2.80. The summed E-state index contributed by atoms with van der Waals surface area (Å²) < 4.78 is 132. The van der Waals surface area contributed by atoms with Crippen molar-refractivity contribution in [2.45, 2.75) is 63.3 Å². The van der Waals surface area contributed by atoms with E-state index in [1.807, 2.05) is 0 Å². The summed E-state index contributed by atoms with van der Waals surface area (Å²) in [6.45, 7) is 3.18. The van der Waals surface area contributed by atoms with Gasteiger partial charge in [-0.1, -0.05) is 6.92 Å². The van der Waals surface area contributed by atoms with E-state index >= 15 is 0 Å². The van der Waals surface area contributed by atoms with E-state index in [0.29, 0.717) is 12.1 Å². The second-order valence-corrected chi connectivity index (χ2v) is 8.74. The highest BCUT2D eigenvalue weighted by molar-refractivity contribution is 5.90. The van der Waals surface area contributed by atoms with E-state index in [4.69, 9.17) is 9.47 Å². The first-order valence-corrected chi connectivity index (χ1v) is 11.5. The molecule has 0 radical (unpaired) electrons. The van der Waals surface area contributed by atoms with Crippen molar-refractivity contribution in [2.75, 3.05) is 18.6 Å². The Hall–Kier alpha value is -2.96. The van der Waals surface area contributed by atoms with E-state index in [0.717, 1.165) is 30.2 Å². The molecule has 2 aromatic rings. The minimum absolute atomic E-state index is 0.00428. The van der Waals surface area contributed by atoms with Crippen molar-refractivity contribution in [1.82, 2.24) is 0 Å². The number of methoxy groups -OCH3 is 1. The summed E-state index contributed by atoms with van der Waals surface area (Å²) in [5.41, 5.74) is -4.88. The summed E-state index contributed by atoms with van der Waals surface area (Å²) >= 11 is 0. The maximum Gasteiger partial charge on any atom is 0.416 e. The average molecular weight is 557 g/mol. The average Bonchev–Trinajstić information content (AvgIpc) is 2.82. The molecule has 1 heterocycles. The van der Waals surface area contributed by atoms with E-state index in [1.54, 1.807) is 6.92 Å². The Morgan fingerprint density at radius 3 is 1.89 bits per heavy atom. The molecule has 0 aliphatic carbocycles. The second-order valence-electron chi connectivity index (χ2n) is 8.74. The van der Waals surface area contributed by atoms with Gasteiger partial charge in [0.15, 0.2) is 0 Å². The van der Waals surface area contributed by atoms with Gasteiger partial charge < -0.3 is 9.47 Å². The lowest BCUT2D eigenvalue weighted by Gasteiger charge is -2.42. The number of rotatable bonds is 5. The Kier molecular flexibility index (Phi) is 8.30. The number of carbonyl (C=O) groups excluding carboxylic acids is 1. The van der Waals surface area contributed by atoms with Crippen LogP contribution in [0.1, 0.15) is 66.5 Å². The number of hydrogen-bond acceptors (Lipinski definition) is 3. The first-order valence-electron chi connectivity index (χ1n) is 11.5. The van der Waals surface area contributed by atoms with Crippen molar-refractivity contribution in [3.8, 4) is 0 Å². The Balaban J connectivity index is 2.27. The smallest absolute Gasteiger partial charge is 0.416 e. The number of hydrogen-bond donors (Lipinski definition) is 0. The number of nitrogens with zero attached hydrogens (tertiary/aromatic N) is 1. The topological polar surface area (TPSA) is 38.8 Å². The van der Waals surface area contributed by atoms with Crippen LogP contribution in [0.25, 0.3) is 0 Å². The van der Waals surface area contributed by atoms with Gasteiger partial charge in [0.25, 0.3) is 0 Å². The minimum atomic E-state index is -5.13. The van der Waals surface area contributed by atoms with Gasteiger partial charge in [0, 0.05) is 19.1 Å². The molecule has 0 unspecified atom stereocenters. The van der Waals surface area contributed by atoms with Crippen LogP contribution >= 0.6 is 0 Å². The minimum Gasteiger partial charge on any atom is -0.449 e. The first-order chi connectivity index (χ1) is 17.5. The highest BCUT2D eigenvalue weighted by Crippen LogP contribution is 2.49. The van der Waals surface area contributed by atoms with Crippen LogP contribution in [0.4, 0.5) is 50.0 Å². The maximum atomic E-state index is 13.6. The van der Waals surface area contributed by atoms with Gasteiger partial charge in [-0.15, -0.1) is 0 Å². The van der Waals surface area contributed by atoms with Gasteiger partial charge in [-0.3, -0.25) is 4.90 Å². The van der Waals surface area contributed by atoms with Gasteiger partial charge in [-0.25, -0.2) is 4.79 Å². The number of alkyl halides is 9. The first kappa shape index (κ1) is 29.6. The highest BCUT2D eigenvalue weighted by Gasteiger charge is 2.44. The maximum absolute atomic E-state index is 13.6. The number of ether oxygens (including phenoxy) is 2. The largest absolute Gasteiger partial charge is 0.449 e. The second kappa shape index (κ2) is 10.7. The fraction of sp³-hybridized carbons (Fsp3) is 0.480. The van der Waals surface area contributed by atoms with E-state index in [1.165, 1.54) is 6.92 Å². The summed E-state index contributed by atoms with van der Waals surface area (Å²) in [4.78, 5) is 13.9. The van der Waals surface area contributed by atoms with Gasteiger partial charge in [0.05, 0.1) is 35.1 Å².